The van der Waals surface area contributed by atoms with Gasteiger partial charge >= 0.3 is 28.4 Å². The summed E-state index contributed by atoms with van der Waals surface area (Å²) in [4.78, 5) is 72.8. The van der Waals surface area contributed by atoms with Gasteiger partial charge in [0.05, 0.1) is 83.9 Å². The van der Waals surface area contributed by atoms with E-state index in [4.69, 9.17) is 57.5 Å². The predicted molar refractivity (Wildman–Crippen MR) is 379 cm³/mol. The van der Waals surface area contributed by atoms with Crippen molar-refractivity contribution in [2.24, 2.45) is 30.7 Å². The lowest BCUT2D eigenvalue weighted by molar-refractivity contribution is -0.384. The summed E-state index contributed by atoms with van der Waals surface area (Å²) in [6.07, 6.45) is 0. The number of halogens is 1. The molecular formula is C71H57ClN19O11+5. The van der Waals surface area contributed by atoms with E-state index in [1.54, 1.807) is 111 Å². The summed E-state index contributed by atoms with van der Waals surface area (Å²) in [7, 11) is 5.73. The molecule has 0 fully saturated rings. The molecule has 0 saturated heterocycles. The molecular weight excluding hydrogens is 1330 g/mol. The van der Waals surface area contributed by atoms with Gasteiger partial charge in [0.25, 0.3) is 17.3 Å². The van der Waals surface area contributed by atoms with Crippen LogP contribution in [0.2, 0.25) is 5.02 Å². The van der Waals surface area contributed by atoms with Crippen molar-refractivity contribution >= 4 is 109 Å². The summed E-state index contributed by atoms with van der Waals surface area (Å²) in [5, 5.41) is 93.3. The number of diazo groups is 5. The number of ether oxygens (including phenoxy) is 4. The molecule has 0 aromatic heterocycles. The molecule has 10 aromatic carbocycles. The number of carbonyl (C=O) groups is 3. The molecule has 0 saturated carbocycles. The number of nitrogens with zero attached hydrogens (tertiary/aromatic N) is 18. The van der Waals surface area contributed by atoms with Crippen molar-refractivity contribution in [1.82, 2.24) is 0 Å². The van der Waals surface area contributed by atoms with Crippen LogP contribution in [0, 0.1) is 74.9 Å². The largest absolute Gasteiger partial charge is 0.494 e. The van der Waals surface area contributed by atoms with Crippen LogP contribution in [0.1, 0.15) is 64.5 Å². The first-order chi connectivity index (χ1) is 49.1. The number of rotatable bonds is 14. The number of fused-ring (bicyclic) bond motifs is 2. The van der Waals surface area contributed by atoms with E-state index in [-0.39, 0.29) is 73.4 Å². The number of nitro groups is 2. The molecule has 11 rings (SSSR count). The van der Waals surface area contributed by atoms with Crippen molar-refractivity contribution in [3.63, 3.8) is 0 Å². The number of methoxy groups -OCH3 is 4. The Morgan fingerprint density at radius 1 is 0.431 bits per heavy atom. The minimum Gasteiger partial charge on any atom is -0.494 e. The number of aryl methyl sites for hydroxylation is 4. The van der Waals surface area contributed by atoms with Gasteiger partial charge in [-0.05, 0) is 99.0 Å². The van der Waals surface area contributed by atoms with Gasteiger partial charge in [0.1, 0.15) is 11.3 Å². The molecule has 0 atom stereocenters. The fourth-order valence-corrected chi connectivity index (χ4v) is 9.44. The Labute approximate surface area is 585 Å². The molecule has 0 heterocycles. The van der Waals surface area contributed by atoms with Crippen LogP contribution in [-0.2, 0) is 0 Å². The van der Waals surface area contributed by atoms with Crippen molar-refractivity contribution in [3.8, 4) is 23.0 Å². The van der Waals surface area contributed by atoms with E-state index in [1.807, 2.05) is 50.2 Å². The molecule has 1 amide bonds. The normalized spacial score (nSPS) is 10.7. The molecule has 10 aromatic rings. The molecule has 504 valence electrons. The topological polar surface area (TPSA) is 401 Å². The molecule has 0 bridgehead atoms. The Kier molecular flexibility index (Phi) is 26.2. The Morgan fingerprint density at radius 2 is 0.951 bits per heavy atom. The molecule has 0 aliphatic heterocycles. The molecule has 1 N–H and O–H groups in total. The van der Waals surface area contributed by atoms with E-state index >= 15 is 0 Å². The van der Waals surface area contributed by atoms with Gasteiger partial charge in [0.2, 0.25) is 50.0 Å². The Morgan fingerprint density at radius 3 is 1.55 bits per heavy atom. The van der Waals surface area contributed by atoms with Crippen molar-refractivity contribution in [2.75, 3.05) is 33.8 Å². The molecule has 30 nitrogen and oxygen atoms in total. The highest BCUT2D eigenvalue weighted by Gasteiger charge is 2.35. The quantitative estimate of drug-likeness (QED) is 0.0457. The predicted octanol–water partition coefficient (Wildman–Crippen LogP) is 21.9. The Balaban J connectivity index is 0.000000179. The summed E-state index contributed by atoms with van der Waals surface area (Å²) < 4.78 is 20.4. The number of hydrogen-bond donors (Lipinski definition) is 1. The molecule has 1 aliphatic rings. The molecule has 1 aliphatic carbocycles. The van der Waals surface area contributed by atoms with Crippen LogP contribution in [0.25, 0.3) is 24.9 Å². The number of nitro benzene ring substituents is 2. The van der Waals surface area contributed by atoms with Crippen LogP contribution in [0.15, 0.2) is 225 Å². The number of amides is 1. The molecule has 0 spiro atoms. The molecule has 31 heteroatoms. The number of anilines is 1. The average Bonchev–Trinajstić information content (AvgIpc) is 0.755. The fraction of sp³-hybridized carbons (Fsp3) is 0.113. The highest BCUT2D eigenvalue weighted by Crippen LogP contribution is 2.42. The number of benzene rings is 10. The van der Waals surface area contributed by atoms with Crippen LogP contribution in [-0.4, -0.2) is 55.8 Å². The van der Waals surface area contributed by atoms with Gasteiger partial charge in [-0.15, -0.1) is 15.3 Å². The highest BCUT2D eigenvalue weighted by molar-refractivity contribution is 6.34. The fourth-order valence-electron chi connectivity index (χ4n) is 9.23. The third-order valence-corrected chi connectivity index (χ3v) is 14.8. The van der Waals surface area contributed by atoms with E-state index in [0.29, 0.717) is 73.7 Å². The second kappa shape index (κ2) is 35.8. The van der Waals surface area contributed by atoms with E-state index in [0.717, 1.165) is 28.1 Å². The number of ketones is 2. The molecule has 102 heavy (non-hydrogen) atoms. The monoisotopic (exact) mass is 1390 g/mol. The van der Waals surface area contributed by atoms with Crippen LogP contribution in [0.5, 0.6) is 23.0 Å². The summed E-state index contributed by atoms with van der Waals surface area (Å²) in [6.45, 7) is 7.38. The van der Waals surface area contributed by atoms with Crippen LogP contribution < -0.4 is 24.3 Å². The zero-order chi connectivity index (χ0) is 74.0. The second-order valence-corrected chi connectivity index (χ2v) is 21.5. The lowest BCUT2D eigenvalue weighted by Crippen LogP contribution is -2.20. The van der Waals surface area contributed by atoms with Gasteiger partial charge in [-0.25, -0.2) is 0 Å². The van der Waals surface area contributed by atoms with Crippen molar-refractivity contribution < 1.29 is 43.2 Å². The molecule has 0 unspecified atom stereocenters. The van der Waals surface area contributed by atoms with Gasteiger partial charge in [-0.2, -0.15) is 15.3 Å². The number of carbonyl (C=O) groups excluding carboxylic acids is 3. The van der Waals surface area contributed by atoms with E-state index < -0.39 is 9.85 Å². The SMILES string of the molecule is COc1cc(N=Nc2ccc(C)cc2[N+](=O)[O-])c(C)cc1[N+]#N.COc1cc(NC(=O)c2ccccc2)c(Cl)cc1[N+]#N.COc1cc([N+]#N)c(OC)cc1N=Nc1ccc([N+](=O)[O-])cc1.Cc1ccccc1N=Nc1ccc([N+]#N)c(C)c1.N#[N+]c1cccc2c1C(=O)c1ccccc1C2=O. The first kappa shape index (κ1) is 74.6. The minimum absolute atomic E-state index is 0.0305. The van der Waals surface area contributed by atoms with Crippen LogP contribution in [0.4, 0.5) is 79.6 Å². The first-order valence-electron chi connectivity index (χ1n) is 29.8. The zero-order valence-electron chi connectivity index (χ0n) is 55.4. The van der Waals surface area contributed by atoms with Crippen LogP contribution >= 0.6 is 11.6 Å². The van der Waals surface area contributed by atoms with Crippen LogP contribution in [0.3, 0.4) is 0 Å². The maximum absolute atomic E-state index is 12.3. The Hall–Kier alpha value is -14.8. The number of azo groups is 3. The third kappa shape index (κ3) is 19.0. The lowest BCUT2D eigenvalue weighted by atomic mass is 9.83. The summed E-state index contributed by atoms with van der Waals surface area (Å²) >= 11 is 6.03. The zero-order valence-corrected chi connectivity index (χ0v) is 56.1. The van der Waals surface area contributed by atoms with Gasteiger partial charge < -0.3 is 24.3 Å². The summed E-state index contributed by atoms with van der Waals surface area (Å²) in [6, 6.07) is 52.5. The van der Waals surface area contributed by atoms with Crippen molar-refractivity contribution in [2.45, 2.75) is 27.7 Å². The second-order valence-electron chi connectivity index (χ2n) is 21.1. The smallest absolute Gasteiger partial charge is 0.430 e. The van der Waals surface area contributed by atoms with Gasteiger partial charge in [0, 0.05) is 82.4 Å². The summed E-state index contributed by atoms with van der Waals surface area (Å²) in [5.41, 5.74) is 9.69. The summed E-state index contributed by atoms with van der Waals surface area (Å²) in [5.74, 6) is 0.475. The third-order valence-electron chi connectivity index (χ3n) is 14.5. The number of hydrogen-bond acceptors (Lipinski definition) is 22. The van der Waals surface area contributed by atoms with E-state index in [2.05, 4.69) is 60.9 Å². The van der Waals surface area contributed by atoms with Crippen molar-refractivity contribution in [3.05, 3.63) is 294 Å². The molecule has 0 radical (unpaired) electrons. The van der Waals surface area contributed by atoms with Crippen molar-refractivity contribution in [1.29, 1.82) is 27.0 Å². The van der Waals surface area contributed by atoms with E-state index in [1.165, 1.54) is 89.1 Å². The Bertz CT molecular complexity index is 5190. The standard InChI is InChI=1S/C15H14N5O3.C14H10ClN3O2.C14H12N5O4.C14H13N4.C14H7N2O2/c1-9-4-5-11(14(6-9)20(21)22)18-19-12-8-15(23-3)13(17-16)7-10(12)2;1-20-13-8-11(10(15)7-12(13)18-16)17-14(19)9-5-3-2-4-6-9;1-22-13-8-12(14(23-2)7-11(13)16-15)18-17-9-3-5-10(6-4-9)19(20)21;1-10-5-3-4-6-14(10)18-17-12-7-8-13(16-15)11(2)9-12;15-16-11-7-3-6-10-12(11)14(18)9-5-2-1-4-8(9)13(10)17/h4-8H,1-3H3;2-8H,1H3;3-8H,1-2H3;3-9H,1-2H3;1-7H/q+1;;3*+1/p+1. The number of non-ortho nitro benzene ring substituents is 1. The van der Waals surface area contributed by atoms with E-state index in [9.17, 15) is 34.6 Å². The average molecular weight is 1390 g/mol. The lowest BCUT2D eigenvalue weighted by Gasteiger charge is -2.14. The van der Waals surface area contributed by atoms with Gasteiger partial charge in [-0.3, -0.25) is 34.6 Å². The maximum atomic E-state index is 12.3. The first-order valence-corrected chi connectivity index (χ1v) is 30.2. The van der Waals surface area contributed by atoms with Gasteiger partial charge in [0.15, 0.2) is 42.1 Å². The maximum Gasteiger partial charge on any atom is 0.430 e. The van der Waals surface area contributed by atoms with Gasteiger partial charge in [-0.1, -0.05) is 84.4 Å². The minimum atomic E-state index is -0.497. The highest BCUT2D eigenvalue weighted by atomic mass is 35.5. The number of nitrogens with one attached hydrogen (secondary N) is 1.